The summed E-state index contributed by atoms with van der Waals surface area (Å²) < 4.78 is 0. The standard InChI is InChI=1S/C14H15N3O/c1-3-17(2)14(18)9-8-11-10-15-12-6-4-5-7-13(12)16-11/h4-10H,3H2,1-2H3/b9-8+. The number of nitrogens with zero attached hydrogens (tertiary/aromatic N) is 3. The summed E-state index contributed by atoms with van der Waals surface area (Å²) in [7, 11) is 1.76. The van der Waals surface area contributed by atoms with Crippen LogP contribution in [0.4, 0.5) is 0 Å². The molecule has 0 unspecified atom stereocenters. The summed E-state index contributed by atoms with van der Waals surface area (Å²) in [5, 5.41) is 0. The Labute approximate surface area is 106 Å². The van der Waals surface area contributed by atoms with Gasteiger partial charge in [-0.3, -0.25) is 9.78 Å². The number of carbonyl (C=O) groups is 1. The van der Waals surface area contributed by atoms with Crippen molar-refractivity contribution >= 4 is 23.0 Å². The molecule has 0 aliphatic carbocycles. The van der Waals surface area contributed by atoms with Crippen LogP contribution in [0.1, 0.15) is 12.6 Å². The highest BCUT2D eigenvalue weighted by atomic mass is 16.2. The van der Waals surface area contributed by atoms with Crippen molar-refractivity contribution in [1.82, 2.24) is 14.9 Å². The van der Waals surface area contributed by atoms with Gasteiger partial charge in [0, 0.05) is 19.7 Å². The average molecular weight is 241 g/mol. The molecule has 0 fully saturated rings. The summed E-state index contributed by atoms with van der Waals surface area (Å²) in [6.45, 7) is 2.62. The van der Waals surface area contributed by atoms with Crippen LogP contribution >= 0.6 is 0 Å². The molecule has 0 N–H and O–H groups in total. The van der Waals surface area contributed by atoms with Crippen LogP contribution in [0, 0.1) is 0 Å². The summed E-state index contributed by atoms with van der Waals surface area (Å²) in [5.41, 5.74) is 2.37. The normalized spacial score (nSPS) is 11.0. The molecule has 18 heavy (non-hydrogen) atoms. The molecule has 1 amide bonds. The quantitative estimate of drug-likeness (QED) is 0.773. The summed E-state index contributed by atoms with van der Waals surface area (Å²) >= 11 is 0. The minimum Gasteiger partial charge on any atom is -0.343 e. The number of benzene rings is 1. The Morgan fingerprint density at radius 3 is 2.78 bits per heavy atom. The number of hydrogen-bond donors (Lipinski definition) is 0. The first-order valence-corrected chi connectivity index (χ1v) is 5.85. The van der Waals surface area contributed by atoms with Gasteiger partial charge < -0.3 is 4.90 Å². The van der Waals surface area contributed by atoms with Crippen LogP contribution in [0.15, 0.2) is 36.5 Å². The smallest absolute Gasteiger partial charge is 0.246 e. The zero-order valence-corrected chi connectivity index (χ0v) is 10.5. The van der Waals surface area contributed by atoms with E-state index in [1.165, 1.54) is 6.08 Å². The van der Waals surface area contributed by atoms with Gasteiger partial charge in [0.1, 0.15) is 0 Å². The van der Waals surface area contributed by atoms with Crippen molar-refractivity contribution in [3.05, 3.63) is 42.2 Å². The number of fused-ring (bicyclic) bond motifs is 1. The number of hydrogen-bond acceptors (Lipinski definition) is 3. The van der Waals surface area contributed by atoms with E-state index in [1.54, 1.807) is 24.2 Å². The van der Waals surface area contributed by atoms with Crippen LogP contribution in [0.3, 0.4) is 0 Å². The van der Waals surface area contributed by atoms with Gasteiger partial charge in [-0.2, -0.15) is 0 Å². The second-order valence-corrected chi connectivity index (χ2v) is 3.97. The third kappa shape index (κ3) is 2.71. The molecular weight excluding hydrogens is 226 g/mol. The Bertz CT molecular complexity index is 592. The van der Waals surface area contributed by atoms with Gasteiger partial charge in [0.15, 0.2) is 0 Å². The predicted octanol–water partition coefficient (Wildman–Crippen LogP) is 2.12. The van der Waals surface area contributed by atoms with Crippen molar-refractivity contribution in [2.24, 2.45) is 0 Å². The number of amides is 1. The van der Waals surface area contributed by atoms with Gasteiger partial charge in [0.2, 0.25) is 5.91 Å². The molecule has 0 spiro atoms. The summed E-state index contributed by atoms with van der Waals surface area (Å²) in [4.78, 5) is 21.9. The molecule has 1 heterocycles. The minimum atomic E-state index is -0.0348. The maximum absolute atomic E-state index is 11.6. The number of para-hydroxylation sites is 2. The van der Waals surface area contributed by atoms with E-state index in [0.717, 1.165) is 11.0 Å². The highest BCUT2D eigenvalue weighted by Crippen LogP contribution is 2.09. The van der Waals surface area contributed by atoms with Gasteiger partial charge in [0.05, 0.1) is 22.9 Å². The highest BCUT2D eigenvalue weighted by Gasteiger charge is 2.01. The van der Waals surface area contributed by atoms with Crippen molar-refractivity contribution < 1.29 is 4.79 Å². The summed E-state index contributed by atoms with van der Waals surface area (Å²) in [6, 6.07) is 7.65. The predicted molar refractivity (Wildman–Crippen MR) is 71.9 cm³/mol. The van der Waals surface area contributed by atoms with Crippen LogP contribution in [-0.2, 0) is 4.79 Å². The second kappa shape index (κ2) is 5.40. The monoisotopic (exact) mass is 241 g/mol. The molecule has 0 atom stereocenters. The van der Waals surface area contributed by atoms with E-state index < -0.39 is 0 Å². The molecule has 0 bridgehead atoms. The van der Waals surface area contributed by atoms with E-state index in [4.69, 9.17) is 0 Å². The molecule has 0 saturated carbocycles. The molecule has 4 heteroatoms. The minimum absolute atomic E-state index is 0.0348. The Morgan fingerprint density at radius 2 is 2.06 bits per heavy atom. The molecule has 2 rings (SSSR count). The molecule has 0 aliphatic rings. The highest BCUT2D eigenvalue weighted by molar-refractivity contribution is 5.91. The average Bonchev–Trinajstić information content (AvgIpc) is 2.43. The zero-order chi connectivity index (χ0) is 13.0. The van der Waals surface area contributed by atoms with Crippen molar-refractivity contribution in [2.45, 2.75) is 6.92 Å². The van der Waals surface area contributed by atoms with Gasteiger partial charge in [-0.15, -0.1) is 0 Å². The van der Waals surface area contributed by atoms with Crippen LogP contribution in [0.5, 0.6) is 0 Å². The summed E-state index contributed by atoms with van der Waals surface area (Å²) in [5.74, 6) is -0.0348. The van der Waals surface area contributed by atoms with Crippen LogP contribution in [0.25, 0.3) is 17.1 Å². The first kappa shape index (κ1) is 12.2. The zero-order valence-electron chi connectivity index (χ0n) is 10.5. The van der Waals surface area contributed by atoms with Crippen molar-refractivity contribution in [2.75, 3.05) is 13.6 Å². The Kier molecular flexibility index (Phi) is 3.67. The lowest BCUT2D eigenvalue weighted by Crippen LogP contribution is -2.23. The lowest BCUT2D eigenvalue weighted by Gasteiger charge is -2.10. The van der Waals surface area contributed by atoms with E-state index in [0.29, 0.717) is 12.2 Å². The first-order valence-electron chi connectivity index (χ1n) is 5.85. The molecule has 0 aliphatic heterocycles. The van der Waals surface area contributed by atoms with E-state index in [9.17, 15) is 4.79 Å². The number of carbonyl (C=O) groups excluding carboxylic acids is 1. The fourth-order valence-electron chi connectivity index (χ4n) is 1.49. The molecular formula is C14H15N3O. The molecule has 1 aromatic heterocycles. The SMILES string of the molecule is CCN(C)C(=O)/C=C/c1cnc2ccccc2n1. The van der Waals surface area contributed by atoms with Crippen LogP contribution < -0.4 is 0 Å². The van der Waals surface area contributed by atoms with E-state index >= 15 is 0 Å². The fourth-order valence-corrected chi connectivity index (χ4v) is 1.49. The Morgan fingerprint density at radius 1 is 1.33 bits per heavy atom. The number of likely N-dealkylation sites (N-methyl/N-ethyl adjacent to an activating group) is 1. The molecule has 1 aromatic carbocycles. The lowest BCUT2D eigenvalue weighted by atomic mass is 10.3. The first-order chi connectivity index (χ1) is 8.70. The van der Waals surface area contributed by atoms with Gasteiger partial charge >= 0.3 is 0 Å². The maximum Gasteiger partial charge on any atom is 0.246 e. The van der Waals surface area contributed by atoms with E-state index in [-0.39, 0.29) is 5.91 Å². The Hall–Kier alpha value is -2.23. The van der Waals surface area contributed by atoms with Gasteiger partial charge in [0.25, 0.3) is 0 Å². The largest absolute Gasteiger partial charge is 0.343 e. The van der Waals surface area contributed by atoms with Crippen molar-refractivity contribution in [3.63, 3.8) is 0 Å². The molecule has 2 aromatic rings. The number of aromatic nitrogens is 2. The van der Waals surface area contributed by atoms with E-state index in [1.807, 2.05) is 31.2 Å². The van der Waals surface area contributed by atoms with Crippen molar-refractivity contribution in [3.8, 4) is 0 Å². The third-order valence-corrected chi connectivity index (χ3v) is 2.71. The van der Waals surface area contributed by atoms with E-state index in [2.05, 4.69) is 9.97 Å². The lowest BCUT2D eigenvalue weighted by molar-refractivity contribution is -0.124. The number of rotatable bonds is 3. The topological polar surface area (TPSA) is 46.1 Å². The van der Waals surface area contributed by atoms with Crippen molar-refractivity contribution in [1.29, 1.82) is 0 Å². The van der Waals surface area contributed by atoms with Gasteiger partial charge in [-0.05, 0) is 25.1 Å². The van der Waals surface area contributed by atoms with Gasteiger partial charge in [-0.25, -0.2) is 4.98 Å². The van der Waals surface area contributed by atoms with Gasteiger partial charge in [-0.1, -0.05) is 12.1 Å². The second-order valence-electron chi connectivity index (χ2n) is 3.97. The summed E-state index contributed by atoms with van der Waals surface area (Å²) in [6.07, 6.45) is 4.87. The molecule has 4 nitrogen and oxygen atoms in total. The maximum atomic E-state index is 11.6. The van der Waals surface area contributed by atoms with Crippen LogP contribution in [-0.4, -0.2) is 34.4 Å². The molecule has 0 saturated heterocycles. The molecule has 92 valence electrons. The third-order valence-electron chi connectivity index (χ3n) is 2.71. The molecule has 0 radical (unpaired) electrons. The van der Waals surface area contributed by atoms with Crippen LogP contribution in [0.2, 0.25) is 0 Å². The Balaban J connectivity index is 2.22. The fraction of sp³-hybridized carbons (Fsp3) is 0.214.